The van der Waals surface area contributed by atoms with Crippen molar-refractivity contribution in [3.8, 4) is 5.75 Å². The number of nitrogens with zero attached hydrogens (tertiary/aromatic N) is 3. The van der Waals surface area contributed by atoms with Crippen LogP contribution in [-0.4, -0.2) is 42.0 Å². The van der Waals surface area contributed by atoms with E-state index in [1.807, 2.05) is 0 Å². The molecule has 2 heterocycles. The number of amides is 1. The quantitative estimate of drug-likeness (QED) is 0.772. The third kappa shape index (κ3) is 3.96. The molecule has 0 spiro atoms. The summed E-state index contributed by atoms with van der Waals surface area (Å²) in [6.07, 6.45) is 1.08. The van der Waals surface area contributed by atoms with E-state index >= 15 is 0 Å². The van der Waals surface area contributed by atoms with Gasteiger partial charge in [-0.25, -0.2) is 9.37 Å². The fourth-order valence-electron chi connectivity index (χ4n) is 2.84. The van der Waals surface area contributed by atoms with Crippen LogP contribution in [-0.2, 0) is 13.6 Å². The van der Waals surface area contributed by atoms with Crippen LogP contribution in [0.15, 0.2) is 29.1 Å². The van der Waals surface area contributed by atoms with Crippen LogP contribution in [0.2, 0.25) is 0 Å². The first kappa shape index (κ1) is 20.1. The molecule has 11 heteroatoms. The molecule has 9 nitrogen and oxygen atoms in total. The first-order valence-electron chi connectivity index (χ1n) is 8.54. The molecular weight excluding hydrogens is 391 g/mol. The van der Waals surface area contributed by atoms with Gasteiger partial charge in [0.25, 0.3) is 11.5 Å². The SMILES string of the molecule is Cn1c(N2CCCCS2([O-])[O-])nc(C(=O)NCc2ccc(F)cc2)c(O)c1=O. The molecule has 0 atom stereocenters. The molecule has 1 fully saturated rings. The maximum atomic E-state index is 12.9. The summed E-state index contributed by atoms with van der Waals surface area (Å²) < 4.78 is 39.5. The second kappa shape index (κ2) is 7.78. The molecule has 1 aliphatic heterocycles. The monoisotopic (exact) mass is 410 g/mol. The first-order chi connectivity index (χ1) is 13.2. The normalized spacial score (nSPS) is 17.2. The highest BCUT2D eigenvalue weighted by molar-refractivity contribution is 8.25. The van der Waals surface area contributed by atoms with E-state index in [0.29, 0.717) is 18.4 Å². The Bertz CT molecular complexity index is 948. The summed E-state index contributed by atoms with van der Waals surface area (Å²) >= 11 is 0. The molecule has 3 rings (SSSR count). The molecule has 0 unspecified atom stereocenters. The number of aromatic hydroxyl groups is 1. The van der Waals surface area contributed by atoms with Gasteiger partial charge in [0.15, 0.2) is 5.69 Å². The van der Waals surface area contributed by atoms with Crippen molar-refractivity contribution in [2.45, 2.75) is 19.4 Å². The fraction of sp³-hybridized carbons (Fsp3) is 0.353. The van der Waals surface area contributed by atoms with Crippen LogP contribution >= 0.6 is 10.8 Å². The smallest absolute Gasteiger partial charge is 0.297 e. The Morgan fingerprint density at radius 2 is 2.00 bits per heavy atom. The average Bonchev–Trinajstić information content (AvgIpc) is 2.66. The molecule has 28 heavy (non-hydrogen) atoms. The van der Waals surface area contributed by atoms with E-state index < -0.39 is 39.5 Å². The Hall–Kier alpha value is -2.63. The Balaban J connectivity index is 1.90. The number of sulfonamides is 1. The zero-order chi connectivity index (χ0) is 20.5. The minimum absolute atomic E-state index is 0.00674. The van der Waals surface area contributed by atoms with Gasteiger partial charge in [-0.1, -0.05) is 12.1 Å². The molecule has 152 valence electrons. The molecule has 0 aliphatic carbocycles. The van der Waals surface area contributed by atoms with E-state index in [4.69, 9.17) is 0 Å². The summed E-state index contributed by atoms with van der Waals surface area (Å²) in [5.74, 6) is -2.47. The van der Waals surface area contributed by atoms with Crippen molar-refractivity contribution in [3.05, 3.63) is 51.7 Å². The number of anilines is 1. The summed E-state index contributed by atoms with van der Waals surface area (Å²) in [6, 6.07) is 5.40. The second-order valence-corrected chi connectivity index (χ2v) is 8.39. The number of benzene rings is 1. The van der Waals surface area contributed by atoms with Crippen LogP contribution in [0.25, 0.3) is 0 Å². The molecule has 0 saturated carbocycles. The topological polar surface area (TPSA) is 134 Å². The lowest BCUT2D eigenvalue weighted by atomic mass is 10.2. The molecule has 2 aromatic rings. The first-order valence-corrected chi connectivity index (χ1v) is 10.1. The minimum atomic E-state index is -3.67. The molecule has 2 N–H and O–H groups in total. The summed E-state index contributed by atoms with van der Waals surface area (Å²) in [6.45, 7) is 0.136. The number of aromatic nitrogens is 2. The molecule has 1 aromatic carbocycles. The van der Waals surface area contributed by atoms with E-state index in [0.717, 1.165) is 8.87 Å². The van der Waals surface area contributed by atoms with Crippen LogP contribution in [0.5, 0.6) is 5.75 Å². The van der Waals surface area contributed by atoms with Gasteiger partial charge in [0.05, 0.1) is 0 Å². The number of halogens is 1. The largest absolute Gasteiger partial charge is 0.783 e. The molecule has 1 aliphatic rings. The minimum Gasteiger partial charge on any atom is -0.783 e. The molecule has 0 bridgehead atoms. The van der Waals surface area contributed by atoms with Gasteiger partial charge in [-0.2, -0.15) is 0 Å². The maximum Gasteiger partial charge on any atom is 0.297 e. The van der Waals surface area contributed by atoms with Crippen molar-refractivity contribution in [2.24, 2.45) is 7.05 Å². The predicted molar refractivity (Wildman–Crippen MR) is 99.3 cm³/mol. The highest BCUT2D eigenvalue weighted by Crippen LogP contribution is 2.48. The van der Waals surface area contributed by atoms with Crippen molar-refractivity contribution in [1.29, 1.82) is 0 Å². The zero-order valence-corrected chi connectivity index (χ0v) is 15.9. The molecule has 0 radical (unpaired) electrons. The van der Waals surface area contributed by atoms with Gasteiger partial charge in [-0.3, -0.25) is 14.2 Å². The van der Waals surface area contributed by atoms with Crippen LogP contribution in [0.3, 0.4) is 0 Å². The molecule has 1 amide bonds. The van der Waals surface area contributed by atoms with Crippen molar-refractivity contribution in [1.82, 2.24) is 14.9 Å². The van der Waals surface area contributed by atoms with E-state index in [9.17, 15) is 28.2 Å². The van der Waals surface area contributed by atoms with E-state index in [1.165, 1.54) is 31.3 Å². The van der Waals surface area contributed by atoms with Gasteiger partial charge >= 0.3 is 0 Å². The zero-order valence-electron chi connectivity index (χ0n) is 15.1. The van der Waals surface area contributed by atoms with Crippen LogP contribution < -0.4 is 15.2 Å². The third-order valence-corrected chi connectivity index (χ3v) is 6.22. The summed E-state index contributed by atoms with van der Waals surface area (Å²) in [5.41, 5.74) is -0.907. The lowest BCUT2D eigenvalue weighted by Gasteiger charge is -2.68. The number of rotatable bonds is 4. The molecule has 1 aromatic heterocycles. The van der Waals surface area contributed by atoms with Gasteiger partial charge in [0.1, 0.15) is 5.82 Å². The maximum absolute atomic E-state index is 12.9. The highest BCUT2D eigenvalue weighted by Gasteiger charge is 2.25. The van der Waals surface area contributed by atoms with Crippen LogP contribution in [0, 0.1) is 5.82 Å². The van der Waals surface area contributed by atoms with Gasteiger partial charge in [0.2, 0.25) is 11.7 Å². The Morgan fingerprint density at radius 3 is 2.64 bits per heavy atom. The Kier molecular flexibility index (Phi) is 5.59. The van der Waals surface area contributed by atoms with Gasteiger partial charge in [-0.05, 0) is 36.3 Å². The van der Waals surface area contributed by atoms with E-state index in [2.05, 4.69) is 10.3 Å². The van der Waals surface area contributed by atoms with Gasteiger partial charge < -0.3 is 34.6 Å². The lowest BCUT2D eigenvalue weighted by molar-refractivity contribution is 0.0942. The summed E-state index contributed by atoms with van der Waals surface area (Å²) in [7, 11) is -2.40. The second-order valence-electron chi connectivity index (χ2n) is 6.38. The van der Waals surface area contributed by atoms with E-state index in [-0.39, 0.29) is 24.8 Å². The Morgan fingerprint density at radius 1 is 1.32 bits per heavy atom. The fourth-order valence-corrected chi connectivity index (χ4v) is 4.45. The van der Waals surface area contributed by atoms with Crippen LogP contribution in [0.1, 0.15) is 28.9 Å². The molecule has 1 saturated heterocycles. The van der Waals surface area contributed by atoms with Crippen LogP contribution in [0.4, 0.5) is 10.3 Å². The van der Waals surface area contributed by atoms with Gasteiger partial charge in [0, 0.05) is 20.1 Å². The van der Waals surface area contributed by atoms with Crippen molar-refractivity contribution >= 4 is 22.6 Å². The van der Waals surface area contributed by atoms with Crippen molar-refractivity contribution < 1.29 is 23.4 Å². The highest BCUT2D eigenvalue weighted by atomic mass is 32.3. The molecular formula is C17H19FN4O5S-2. The van der Waals surface area contributed by atoms with E-state index in [1.54, 1.807) is 0 Å². The number of carbonyl (C=O) groups excluding carboxylic acids is 1. The lowest BCUT2D eigenvalue weighted by Crippen LogP contribution is -2.40. The number of carbonyl (C=O) groups is 1. The summed E-state index contributed by atoms with van der Waals surface area (Å²) in [4.78, 5) is 28.7. The van der Waals surface area contributed by atoms with Crippen molar-refractivity contribution in [3.63, 3.8) is 0 Å². The Labute approximate surface area is 161 Å². The number of hydrogen-bond acceptors (Lipinski definition) is 7. The van der Waals surface area contributed by atoms with Gasteiger partial charge in [-0.15, -0.1) is 0 Å². The number of hydrogen-bond donors (Lipinski definition) is 2. The third-order valence-electron chi connectivity index (χ3n) is 4.40. The average molecular weight is 410 g/mol. The summed E-state index contributed by atoms with van der Waals surface area (Å²) in [5, 5.41) is 12.5. The number of nitrogens with one attached hydrogen (secondary N) is 1. The standard InChI is InChI=1S/C17H21FN4O5S/c1-21-16(25)14(23)13(15(24)19-10-11-4-6-12(18)7-5-11)20-17(21)22-8-2-3-9-28(22,26)27/h4-7,23,26-27H,2-3,8-10H2,1H3,(H,19,24)/p-2. The van der Waals surface area contributed by atoms with Crippen molar-refractivity contribution in [2.75, 3.05) is 16.6 Å². The predicted octanol–water partition coefficient (Wildman–Crippen LogP) is 1.14.